The zero-order chi connectivity index (χ0) is 46.1. The Morgan fingerprint density at radius 2 is 1.83 bits per heavy atom. The molecule has 1 saturated carbocycles. The van der Waals surface area contributed by atoms with Gasteiger partial charge in [0, 0.05) is 98.9 Å². The molecular weight excluding hydrogens is 851 g/mol. The lowest BCUT2D eigenvalue weighted by Crippen LogP contribution is -2.73. The van der Waals surface area contributed by atoms with Crippen molar-refractivity contribution in [1.82, 2.24) is 25.0 Å². The summed E-state index contributed by atoms with van der Waals surface area (Å²) in [5.74, 6) is -2.06. The number of carbonyl (C=O) groups excluding carboxylic acids is 4. The van der Waals surface area contributed by atoms with Crippen molar-refractivity contribution in [3.8, 4) is 0 Å². The number of methoxy groups -OCH3 is 3. The second kappa shape index (κ2) is 15.4. The minimum Gasteiger partial charge on any atom is -0.468 e. The maximum atomic E-state index is 15.6. The van der Waals surface area contributed by atoms with Gasteiger partial charge < -0.3 is 44.0 Å². The van der Waals surface area contributed by atoms with Gasteiger partial charge in [-0.05, 0) is 86.4 Å². The van der Waals surface area contributed by atoms with Gasteiger partial charge in [-0.25, -0.2) is 4.79 Å². The van der Waals surface area contributed by atoms with Crippen LogP contribution in [-0.4, -0.2) is 158 Å². The van der Waals surface area contributed by atoms with Gasteiger partial charge in [0.05, 0.1) is 37.1 Å². The number of aromatic amines is 1. The SMILES string of the molecule is CC[C@]1(O)C[C@H]2CN(CCc3c([nH]c4ccc(SCC(=O)NC)cc34)[C@@](C(=O)OC)(C3C=C4C(=CC3OC)N(C)[C@@]35O[C@]3(C(=O)OC)[C@H](OC(C)=O)[C@]3(CC)C=CCN6CC[C@]45[C@@H]63)C2)C1. The predicted octanol–water partition coefficient (Wildman–Crippen LogP) is 3.84. The van der Waals surface area contributed by atoms with Gasteiger partial charge in [-0.2, -0.15) is 0 Å². The normalized spacial score (nSPS) is 39.8. The summed E-state index contributed by atoms with van der Waals surface area (Å²) in [6, 6.07) is 5.90. The summed E-state index contributed by atoms with van der Waals surface area (Å²) in [7, 11) is 8.06. The van der Waals surface area contributed by atoms with Crippen LogP contribution in [0.4, 0.5) is 0 Å². The van der Waals surface area contributed by atoms with Gasteiger partial charge in [0.2, 0.25) is 5.91 Å². The number of likely N-dealkylation sites (tertiary alicyclic amines) is 1. The number of likely N-dealkylation sites (N-methyl/N-ethyl adjacent to an activating group) is 1. The molecule has 3 N–H and O–H groups in total. The molecule has 2 aliphatic carbocycles. The van der Waals surface area contributed by atoms with E-state index in [1.807, 2.05) is 26.1 Å². The lowest BCUT2D eigenvalue weighted by atomic mass is 9.48. The fourth-order valence-electron chi connectivity index (χ4n) is 14.7. The molecular formula is C49H63N5O10S. The average molecular weight is 914 g/mol. The van der Waals surface area contributed by atoms with Crippen LogP contribution in [0.25, 0.3) is 10.9 Å². The summed E-state index contributed by atoms with van der Waals surface area (Å²) in [5.41, 5.74) is -2.53. The van der Waals surface area contributed by atoms with Gasteiger partial charge in [0.1, 0.15) is 5.41 Å². The molecule has 8 aliphatic rings. The molecule has 12 atom stereocenters. The van der Waals surface area contributed by atoms with Crippen LogP contribution in [0.1, 0.15) is 64.1 Å². The van der Waals surface area contributed by atoms with E-state index < -0.39 is 69.2 Å². The molecule has 65 heavy (non-hydrogen) atoms. The third kappa shape index (κ3) is 5.73. The first-order chi connectivity index (χ1) is 31.1. The van der Waals surface area contributed by atoms with Gasteiger partial charge in [0.25, 0.3) is 5.60 Å². The van der Waals surface area contributed by atoms with E-state index in [2.05, 4.69) is 62.3 Å². The molecule has 1 amide bonds. The van der Waals surface area contributed by atoms with E-state index in [-0.39, 0.29) is 23.6 Å². The highest BCUT2D eigenvalue weighted by molar-refractivity contribution is 8.00. The number of rotatable bonds is 10. The number of thioether (sulfide) groups is 1. The number of aliphatic hydroxyl groups is 1. The van der Waals surface area contributed by atoms with Crippen LogP contribution in [0.3, 0.4) is 0 Å². The monoisotopic (exact) mass is 913 g/mol. The number of fused-ring (bicyclic) bond motifs is 6. The van der Waals surface area contributed by atoms with Gasteiger partial charge in [0.15, 0.2) is 11.8 Å². The highest BCUT2D eigenvalue weighted by atomic mass is 32.2. The molecule has 4 saturated heterocycles. The number of esters is 3. The third-order valence-corrected chi connectivity index (χ3v) is 18.1. The summed E-state index contributed by atoms with van der Waals surface area (Å²) in [6.45, 7) is 8.77. The molecule has 7 heterocycles. The Balaban J connectivity index is 1.23. The average Bonchev–Trinajstić information content (AvgIpc) is 3.55. The van der Waals surface area contributed by atoms with E-state index in [1.54, 1.807) is 14.2 Å². The van der Waals surface area contributed by atoms with Gasteiger partial charge in [-0.3, -0.25) is 24.2 Å². The maximum Gasteiger partial charge on any atom is 0.347 e. The Bertz CT molecular complexity index is 2450. The molecule has 2 spiro atoms. The first-order valence-electron chi connectivity index (χ1n) is 23.2. The van der Waals surface area contributed by atoms with Crippen molar-refractivity contribution in [3.05, 3.63) is 65.0 Å². The fourth-order valence-corrected chi connectivity index (χ4v) is 15.5. The van der Waals surface area contributed by atoms with Crippen molar-refractivity contribution in [2.24, 2.45) is 22.7 Å². The number of carbonyl (C=O) groups is 4. The van der Waals surface area contributed by atoms with Crippen LogP contribution in [0, 0.1) is 22.7 Å². The van der Waals surface area contributed by atoms with Crippen LogP contribution in [-0.2, 0) is 54.7 Å². The minimum atomic E-state index is -1.67. The van der Waals surface area contributed by atoms with Crippen molar-refractivity contribution in [1.29, 1.82) is 0 Å². The lowest BCUT2D eigenvalue weighted by molar-refractivity contribution is -0.182. The van der Waals surface area contributed by atoms with E-state index >= 15 is 4.79 Å². The number of nitrogens with zero attached hydrogens (tertiary/aromatic N) is 3. The number of H-pyrrole nitrogens is 1. The standard InChI is InChI=1S/C49H63N5O10S/c1-9-44(59)23-29-24-46(42(57)61-7,39-31(14-18-53(25-29)27-44)32-20-30(12-13-35(32)51-39)65-26-38(56)50-4)34-21-33-36(22-37(34)60-6)52(5)49-47(33)16-19-54-17-11-15-45(10-2,40(47)54)41(63-28(3)55)48(49,64-49)43(58)62-8/h11-13,15,20-22,29,34,37,40-41,51,59H,9-10,14,16-19,23-27H2,1-8H3,(H,50,56)/t29-,34?,37?,40+,41-,44+,45-,46+,47-,48+,49+/m1/s1. The Kier molecular flexibility index (Phi) is 10.6. The first-order valence-corrected chi connectivity index (χ1v) is 24.2. The smallest absolute Gasteiger partial charge is 0.347 e. The van der Waals surface area contributed by atoms with E-state index in [0.29, 0.717) is 71.2 Å². The molecule has 3 unspecified atom stereocenters. The van der Waals surface area contributed by atoms with Crippen molar-refractivity contribution < 1.29 is 48.0 Å². The van der Waals surface area contributed by atoms with Gasteiger partial charge >= 0.3 is 17.9 Å². The Hall–Kier alpha value is -4.19. The van der Waals surface area contributed by atoms with Gasteiger partial charge in [-0.15, -0.1) is 11.8 Å². The first kappa shape index (κ1) is 44.6. The highest BCUT2D eigenvalue weighted by Gasteiger charge is 2.99. The molecule has 350 valence electrons. The number of aromatic nitrogens is 1. The number of amides is 1. The van der Waals surface area contributed by atoms with Crippen molar-refractivity contribution >= 4 is 46.5 Å². The minimum absolute atomic E-state index is 0.0718. The summed E-state index contributed by atoms with van der Waals surface area (Å²) >= 11 is 1.46. The number of nitrogens with one attached hydrogen (secondary N) is 2. The number of ether oxygens (including phenoxy) is 5. The largest absolute Gasteiger partial charge is 0.468 e. The van der Waals surface area contributed by atoms with E-state index in [0.717, 1.165) is 38.3 Å². The number of allylic oxidation sites excluding steroid dienone is 1. The molecule has 10 rings (SSSR count). The quantitative estimate of drug-likeness (QED) is 0.103. The van der Waals surface area contributed by atoms with Crippen LogP contribution >= 0.6 is 11.8 Å². The maximum absolute atomic E-state index is 15.6. The second-order valence-electron chi connectivity index (χ2n) is 19.8. The lowest BCUT2D eigenvalue weighted by Gasteiger charge is -2.58. The molecule has 16 heteroatoms. The second-order valence-corrected chi connectivity index (χ2v) is 20.9. The molecule has 5 fully saturated rings. The predicted molar refractivity (Wildman–Crippen MR) is 242 cm³/mol. The molecule has 2 aromatic rings. The highest BCUT2D eigenvalue weighted by Crippen LogP contribution is 2.82. The molecule has 0 radical (unpaired) electrons. The molecule has 1 aromatic carbocycles. The molecule has 6 aliphatic heterocycles. The van der Waals surface area contributed by atoms with Crippen molar-refractivity contribution in [3.63, 3.8) is 0 Å². The number of benzene rings is 1. The van der Waals surface area contributed by atoms with Gasteiger partial charge in [-0.1, -0.05) is 32.1 Å². The van der Waals surface area contributed by atoms with Crippen LogP contribution in [0.2, 0.25) is 0 Å². The summed E-state index contributed by atoms with van der Waals surface area (Å²) in [6.07, 6.45) is 10.2. The van der Waals surface area contributed by atoms with Crippen molar-refractivity contribution in [2.75, 3.05) is 73.9 Å². The Morgan fingerprint density at radius 3 is 2.52 bits per heavy atom. The number of piperidine rings is 1. The fraction of sp³-hybridized carbons (Fsp3) is 0.633. The molecule has 15 nitrogen and oxygen atoms in total. The van der Waals surface area contributed by atoms with Crippen LogP contribution < -0.4 is 5.32 Å². The van der Waals surface area contributed by atoms with E-state index in [4.69, 9.17) is 23.7 Å². The number of hydrogen-bond donors (Lipinski definition) is 3. The van der Waals surface area contributed by atoms with Crippen LogP contribution in [0.5, 0.6) is 0 Å². The van der Waals surface area contributed by atoms with E-state index in [1.165, 1.54) is 32.9 Å². The van der Waals surface area contributed by atoms with Crippen molar-refractivity contribution in [2.45, 2.75) is 105 Å². The topological polar surface area (TPSA) is 176 Å². The zero-order valence-electron chi connectivity index (χ0n) is 38.8. The third-order valence-electron chi connectivity index (χ3n) is 17.1. The molecule has 2 bridgehead atoms. The van der Waals surface area contributed by atoms with Crippen LogP contribution in [0.15, 0.2) is 58.7 Å². The number of hydrogen-bond acceptors (Lipinski definition) is 14. The molecule has 1 aromatic heterocycles. The Labute approximate surface area is 384 Å². The number of epoxide rings is 1. The summed E-state index contributed by atoms with van der Waals surface area (Å²) < 4.78 is 31.8. The summed E-state index contributed by atoms with van der Waals surface area (Å²) in [5, 5.41) is 15.8. The van der Waals surface area contributed by atoms with E-state index in [9.17, 15) is 19.5 Å². The Morgan fingerprint density at radius 1 is 1.05 bits per heavy atom. The summed E-state index contributed by atoms with van der Waals surface area (Å²) in [4.78, 5) is 67.4. The zero-order valence-corrected chi connectivity index (χ0v) is 39.6.